The van der Waals surface area contributed by atoms with Crippen molar-refractivity contribution in [3.8, 4) is 0 Å². The van der Waals surface area contributed by atoms with Crippen LogP contribution in [0.15, 0.2) is 47.4 Å². The van der Waals surface area contributed by atoms with E-state index in [0.29, 0.717) is 0 Å². The maximum atomic E-state index is 6.39. The van der Waals surface area contributed by atoms with Gasteiger partial charge in [-0.1, -0.05) is 41.9 Å². The molecule has 3 heteroatoms. The molecule has 0 unspecified atom stereocenters. The summed E-state index contributed by atoms with van der Waals surface area (Å²) in [7, 11) is 0. The number of hydrogen-bond donors (Lipinski definition) is 1. The zero-order chi connectivity index (χ0) is 14.7. The van der Waals surface area contributed by atoms with E-state index in [2.05, 4.69) is 54.7 Å². The van der Waals surface area contributed by atoms with E-state index in [1.807, 2.05) is 11.8 Å². The average molecular weight is 318 g/mol. The summed E-state index contributed by atoms with van der Waals surface area (Å²) in [4.78, 5) is 1.23. The first kappa shape index (κ1) is 15.0. The Bertz CT molecular complexity index is 622. The van der Waals surface area contributed by atoms with Gasteiger partial charge in [0.2, 0.25) is 0 Å². The quantitative estimate of drug-likeness (QED) is 0.736. The van der Waals surface area contributed by atoms with Crippen LogP contribution < -0.4 is 5.32 Å². The number of halogens is 1. The largest absolute Gasteiger partial charge is 0.310 e. The number of aryl methyl sites for hydroxylation is 1. The van der Waals surface area contributed by atoms with Gasteiger partial charge in [-0.2, -0.15) is 0 Å². The van der Waals surface area contributed by atoms with Crippen LogP contribution in [0.4, 0.5) is 0 Å². The van der Waals surface area contributed by atoms with Crippen LogP contribution in [-0.2, 0) is 12.3 Å². The Morgan fingerprint density at radius 2 is 1.95 bits per heavy atom. The molecule has 110 valence electrons. The minimum Gasteiger partial charge on any atom is -0.310 e. The molecule has 1 saturated carbocycles. The van der Waals surface area contributed by atoms with E-state index in [9.17, 15) is 0 Å². The lowest BCUT2D eigenvalue weighted by Gasteiger charge is -2.09. The van der Waals surface area contributed by atoms with E-state index >= 15 is 0 Å². The summed E-state index contributed by atoms with van der Waals surface area (Å²) < 4.78 is 0. The zero-order valence-corrected chi connectivity index (χ0v) is 13.8. The fourth-order valence-electron chi connectivity index (χ4n) is 2.24. The lowest BCUT2D eigenvalue weighted by molar-refractivity contribution is 0.687. The molecule has 1 aliphatic rings. The summed E-state index contributed by atoms with van der Waals surface area (Å²) in [5.41, 5.74) is 3.93. The van der Waals surface area contributed by atoms with Gasteiger partial charge in [0, 0.05) is 28.3 Å². The number of hydrogen-bond acceptors (Lipinski definition) is 2. The lowest BCUT2D eigenvalue weighted by Crippen LogP contribution is -2.15. The summed E-state index contributed by atoms with van der Waals surface area (Å²) >= 11 is 8.24. The highest BCUT2D eigenvalue weighted by atomic mass is 35.5. The second-order valence-corrected chi connectivity index (χ2v) is 7.08. The smallest absolute Gasteiger partial charge is 0.0462 e. The fraction of sp³-hybridized carbons (Fsp3) is 0.333. The molecule has 1 aliphatic carbocycles. The van der Waals surface area contributed by atoms with Gasteiger partial charge in [-0.05, 0) is 48.6 Å². The van der Waals surface area contributed by atoms with Gasteiger partial charge < -0.3 is 5.32 Å². The Hall–Kier alpha value is -0.960. The predicted octanol–water partition coefficient (Wildman–Crippen LogP) is 5.19. The molecule has 0 amide bonds. The monoisotopic (exact) mass is 317 g/mol. The Balaban J connectivity index is 1.60. The van der Waals surface area contributed by atoms with Crippen LogP contribution in [0.3, 0.4) is 0 Å². The number of rotatable bonds is 6. The third-order valence-corrected chi connectivity index (χ3v) is 5.23. The third kappa shape index (κ3) is 4.26. The first-order chi connectivity index (χ1) is 10.2. The fourth-order valence-corrected chi connectivity index (χ4v) is 3.56. The molecule has 3 rings (SSSR count). The number of nitrogens with one attached hydrogen (secondary N) is 1. The third-order valence-electron chi connectivity index (χ3n) is 3.84. The molecule has 1 nitrogen and oxygen atoms in total. The van der Waals surface area contributed by atoms with Gasteiger partial charge in [0.1, 0.15) is 0 Å². The molecule has 0 aliphatic heterocycles. The van der Waals surface area contributed by atoms with Gasteiger partial charge in [0.25, 0.3) is 0 Å². The molecule has 21 heavy (non-hydrogen) atoms. The molecular weight excluding hydrogens is 298 g/mol. The highest BCUT2D eigenvalue weighted by Gasteiger charge is 2.20. The van der Waals surface area contributed by atoms with Crippen LogP contribution in [0.2, 0.25) is 5.02 Å². The van der Waals surface area contributed by atoms with Gasteiger partial charge in [-0.3, -0.25) is 0 Å². The molecule has 1 N–H and O–H groups in total. The summed E-state index contributed by atoms with van der Waals surface area (Å²) in [6, 6.07) is 15.7. The second kappa shape index (κ2) is 6.87. The van der Waals surface area contributed by atoms with Crippen LogP contribution in [0.25, 0.3) is 0 Å². The Labute approximate surface area is 136 Å². The van der Waals surface area contributed by atoms with Crippen molar-refractivity contribution in [3.05, 3.63) is 64.2 Å². The normalized spacial score (nSPS) is 14.4. The molecule has 2 aromatic rings. The molecule has 0 bridgehead atoms. The molecule has 0 heterocycles. The standard InChI is InChI=1S/C18H20ClNS/c1-13-4-2-3-5-15(13)12-21-17-9-6-14(18(19)10-17)11-20-16-7-8-16/h2-6,9-10,16,20H,7-8,11-12H2,1H3. The van der Waals surface area contributed by atoms with Crippen molar-refractivity contribution in [1.82, 2.24) is 5.32 Å². The number of thioether (sulfide) groups is 1. The van der Waals surface area contributed by atoms with Crippen molar-refractivity contribution >= 4 is 23.4 Å². The van der Waals surface area contributed by atoms with Crippen molar-refractivity contribution in [1.29, 1.82) is 0 Å². The molecule has 0 atom stereocenters. The minimum atomic E-state index is 0.719. The molecule has 0 radical (unpaired) electrons. The summed E-state index contributed by atoms with van der Waals surface area (Å²) in [5.74, 6) is 0.989. The van der Waals surface area contributed by atoms with Crippen LogP contribution in [0.5, 0.6) is 0 Å². The first-order valence-corrected chi connectivity index (χ1v) is 8.78. The van der Waals surface area contributed by atoms with Crippen molar-refractivity contribution in [2.75, 3.05) is 0 Å². The van der Waals surface area contributed by atoms with E-state index in [4.69, 9.17) is 11.6 Å². The highest BCUT2D eigenvalue weighted by Crippen LogP contribution is 2.29. The predicted molar refractivity (Wildman–Crippen MR) is 92.1 cm³/mol. The second-order valence-electron chi connectivity index (χ2n) is 5.62. The van der Waals surface area contributed by atoms with Crippen molar-refractivity contribution in [3.63, 3.8) is 0 Å². The van der Waals surface area contributed by atoms with Gasteiger partial charge in [0.05, 0.1) is 0 Å². The van der Waals surface area contributed by atoms with E-state index in [1.54, 1.807) is 0 Å². The highest BCUT2D eigenvalue weighted by molar-refractivity contribution is 7.98. The van der Waals surface area contributed by atoms with E-state index in [1.165, 1.54) is 34.4 Å². The van der Waals surface area contributed by atoms with E-state index < -0.39 is 0 Å². The Kier molecular flexibility index (Phi) is 4.89. The van der Waals surface area contributed by atoms with Crippen LogP contribution in [-0.4, -0.2) is 6.04 Å². The molecule has 2 aromatic carbocycles. The maximum Gasteiger partial charge on any atom is 0.0462 e. The van der Waals surface area contributed by atoms with Crippen molar-refractivity contribution < 1.29 is 0 Å². The SMILES string of the molecule is Cc1ccccc1CSc1ccc(CNC2CC2)c(Cl)c1. The minimum absolute atomic E-state index is 0.719. The van der Waals surface area contributed by atoms with E-state index in [0.717, 1.165) is 23.4 Å². The van der Waals surface area contributed by atoms with Gasteiger partial charge in [-0.15, -0.1) is 11.8 Å². The zero-order valence-electron chi connectivity index (χ0n) is 12.2. The van der Waals surface area contributed by atoms with Crippen molar-refractivity contribution in [2.45, 2.75) is 43.0 Å². The first-order valence-electron chi connectivity index (χ1n) is 7.41. The van der Waals surface area contributed by atoms with Gasteiger partial charge in [0.15, 0.2) is 0 Å². The van der Waals surface area contributed by atoms with Crippen LogP contribution in [0.1, 0.15) is 29.5 Å². The average Bonchev–Trinajstić information content (AvgIpc) is 3.30. The van der Waals surface area contributed by atoms with E-state index in [-0.39, 0.29) is 0 Å². The Morgan fingerprint density at radius 3 is 2.67 bits per heavy atom. The lowest BCUT2D eigenvalue weighted by atomic mass is 10.1. The number of benzene rings is 2. The Morgan fingerprint density at radius 1 is 1.14 bits per heavy atom. The molecule has 0 aromatic heterocycles. The molecule has 1 fully saturated rings. The van der Waals surface area contributed by atoms with Gasteiger partial charge >= 0.3 is 0 Å². The molecular formula is C18H20ClNS. The maximum absolute atomic E-state index is 6.39. The van der Waals surface area contributed by atoms with Gasteiger partial charge in [-0.25, -0.2) is 0 Å². The molecule has 0 saturated heterocycles. The van der Waals surface area contributed by atoms with Crippen LogP contribution >= 0.6 is 23.4 Å². The van der Waals surface area contributed by atoms with Crippen LogP contribution in [0, 0.1) is 6.92 Å². The van der Waals surface area contributed by atoms with Crippen molar-refractivity contribution in [2.24, 2.45) is 0 Å². The summed E-state index contributed by atoms with van der Waals surface area (Å²) in [5, 5.41) is 4.38. The summed E-state index contributed by atoms with van der Waals surface area (Å²) in [6.45, 7) is 3.04. The summed E-state index contributed by atoms with van der Waals surface area (Å²) in [6.07, 6.45) is 2.62. The molecule has 0 spiro atoms. The topological polar surface area (TPSA) is 12.0 Å².